The summed E-state index contributed by atoms with van der Waals surface area (Å²) in [5.41, 5.74) is 0. The number of hydrogen-bond acceptors (Lipinski definition) is 5. The molecule has 7 heteroatoms. The fraction of sp³-hybridized carbons (Fsp3) is 0.800. The minimum absolute atomic E-state index is 0.263. The quantitative estimate of drug-likeness (QED) is 0.677. The van der Waals surface area contributed by atoms with E-state index < -0.39 is 6.09 Å². The van der Waals surface area contributed by atoms with Crippen molar-refractivity contribution < 1.29 is 23.8 Å². The third-order valence-corrected chi connectivity index (χ3v) is 2.39. The van der Waals surface area contributed by atoms with Crippen LogP contribution in [-0.4, -0.2) is 63.7 Å². The van der Waals surface area contributed by atoms with E-state index in [0.717, 1.165) is 6.42 Å². The van der Waals surface area contributed by atoms with Crippen LogP contribution in [0.2, 0.25) is 0 Å². The Kier molecular flexibility index (Phi) is 5.55. The second-order valence-corrected chi connectivity index (χ2v) is 3.67. The molecule has 17 heavy (non-hydrogen) atoms. The van der Waals surface area contributed by atoms with E-state index in [0.29, 0.717) is 19.7 Å². The standard InChI is InChI=1S/C10H18N2O5/c1-15-5-3-4-12-7-8(17-10(12)14)6-11-9(13)16-2/h8H,3-7H2,1-2H3,(H,11,13). The highest BCUT2D eigenvalue weighted by Crippen LogP contribution is 2.10. The zero-order valence-electron chi connectivity index (χ0n) is 10.1. The Balaban J connectivity index is 2.23. The van der Waals surface area contributed by atoms with Gasteiger partial charge in [0, 0.05) is 20.3 Å². The molecule has 1 fully saturated rings. The van der Waals surface area contributed by atoms with E-state index in [4.69, 9.17) is 9.47 Å². The highest BCUT2D eigenvalue weighted by atomic mass is 16.6. The molecule has 2 amide bonds. The Morgan fingerprint density at radius 1 is 1.59 bits per heavy atom. The molecule has 1 saturated heterocycles. The molecule has 0 saturated carbocycles. The van der Waals surface area contributed by atoms with Gasteiger partial charge < -0.3 is 24.4 Å². The Labute approximate surface area is 100.0 Å². The van der Waals surface area contributed by atoms with Crippen LogP contribution in [0, 0.1) is 0 Å². The van der Waals surface area contributed by atoms with Crippen LogP contribution >= 0.6 is 0 Å². The van der Waals surface area contributed by atoms with E-state index >= 15 is 0 Å². The van der Waals surface area contributed by atoms with Crippen LogP contribution in [-0.2, 0) is 14.2 Å². The monoisotopic (exact) mass is 246 g/mol. The van der Waals surface area contributed by atoms with Gasteiger partial charge >= 0.3 is 12.2 Å². The first-order chi connectivity index (χ1) is 8.17. The van der Waals surface area contributed by atoms with Gasteiger partial charge in [-0.15, -0.1) is 0 Å². The molecule has 0 spiro atoms. The fourth-order valence-electron chi connectivity index (χ4n) is 1.53. The average molecular weight is 246 g/mol. The lowest BCUT2D eigenvalue weighted by molar-refractivity contribution is 0.125. The van der Waals surface area contributed by atoms with E-state index in [1.807, 2.05) is 0 Å². The summed E-state index contributed by atoms with van der Waals surface area (Å²) in [5, 5.41) is 2.49. The molecular formula is C10H18N2O5. The fourth-order valence-corrected chi connectivity index (χ4v) is 1.53. The summed E-state index contributed by atoms with van der Waals surface area (Å²) in [6.07, 6.45) is -0.427. The molecule has 0 bridgehead atoms. The minimum Gasteiger partial charge on any atom is -0.453 e. The van der Waals surface area contributed by atoms with Gasteiger partial charge in [-0.3, -0.25) is 0 Å². The normalized spacial score (nSPS) is 19.1. The van der Waals surface area contributed by atoms with Crippen LogP contribution in [0.5, 0.6) is 0 Å². The second kappa shape index (κ2) is 6.95. The first-order valence-corrected chi connectivity index (χ1v) is 5.43. The zero-order chi connectivity index (χ0) is 12.7. The van der Waals surface area contributed by atoms with Gasteiger partial charge in [0.2, 0.25) is 0 Å². The number of amides is 2. The summed E-state index contributed by atoms with van der Waals surface area (Å²) in [6, 6.07) is 0. The van der Waals surface area contributed by atoms with Crippen molar-refractivity contribution in [3.8, 4) is 0 Å². The SMILES string of the molecule is COCCCN1CC(CNC(=O)OC)OC1=O. The number of carbonyl (C=O) groups is 2. The lowest BCUT2D eigenvalue weighted by Gasteiger charge is -2.12. The summed E-state index contributed by atoms with van der Waals surface area (Å²) < 4.78 is 14.4. The van der Waals surface area contributed by atoms with E-state index in [-0.39, 0.29) is 18.7 Å². The van der Waals surface area contributed by atoms with E-state index in [1.165, 1.54) is 7.11 Å². The predicted molar refractivity (Wildman–Crippen MR) is 58.7 cm³/mol. The lowest BCUT2D eigenvalue weighted by atomic mass is 10.3. The molecule has 1 atom stereocenters. The summed E-state index contributed by atoms with van der Waals surface area (Å²) in [6.45, 7) is 1.95. The largest absolute Gasteiger partial charge is 0.453 e. The third kappa shape index (κ3) is 4.48. The highest BCUT2D eigenvalue weighted by molar-refractivity contribution is 5.70. The van der Waals surface area contributed by atoms with Crippen molar-refractivity contribution in [3.05, 3.63) is 0 Å². The van der Waals surface area contributed by atoms with Crippen molar-refractivity contribution in [2.24, 2.45) is 0 Å². The number of hydrogen-bond donors (Lipinski definition) is 1. The maximum absolute atomic E-state index is 11.4. The van der Waals surface area contributed by atoms with Crippen molar-refractivity contribution in [2.45, 2.75) is 12.5 Å². The molecule has 1 aliphatic heterocycles. The van der Waals surface area contributed by atoms with Crippen LogP contribution < -0.4 is 5.32 Å². The molecule has 98 valence electrons. The Bertz CT molecular complexity index is 271. The first-order valence-electron chi connectivity index (χ1n) is 5.43. The number of nitrogens with one attached hydrogen (secondary N) is 1. The highest BCUT2D eigenvalue weighted by Gasteiger charge is 2.30. The van der Waals surface area contributed by atoms with Crippen molar-refractivity contribution in [2.75, 3.05) is 40.5 Å². The van der Waals surface area contributed by atoms with Crippen LogP contribution in [0.4, 0.5) is 9.59 Å². The van der Waals surface area contributed by atoms with Crippen LogP contribution in [0.15, 0.2) is 0 Å². The topological polar surface area (TPSA) is 77.1 Å². The van der Waals surface area contributed by atoms with Gasteiger partial charge in [-0.1, -0.05) is 0 Å². The maximum Gasteiger partial charge on any atom is 0.410 e. The molecule has 1 rings (SSSR count). The number of rotatable bonds is 6. The molecule has 1 aliphatic rings. The summed E-state index contributed by atoms with van der Waals surface area (Å²) in [4.78, 5) is 23.9. The number of ether oxygens (including phenoxy) is 3. The molecule has 1 N–H and O–H groups in total. The van der Waals surface area contributed by atoms with E-state index in [1.54, 1.807) is 12.0 Å². The summed E-state index contributed by atoms with van der Waals surface area (Å²) in [7, 11) is 2.90. The number of methoxy groups -OCH3 is 2. The van der Waals surface area contributed by atoms with Gasteiger partial charge in [0.1, 0.15) is 6.10 Å². The van der Waals surface area contributed by atoms with Gasteiger partial charge in [0.25, 0.3) is 0 Å². The number of cyclic esters (lactones) is 1. The third-order valence-electron chi connectivity index (χ3n) is 2.39. The molecule has 0 aromatic carbocycles. The summed E-state index contributed by atoms with van der Waals surface area (Å²) >= 11 is 0. The van der Waals surface area contributed by atoms with Gasteiger partial charge in [-0.05, 0) is 6.42 Å². The van der Waals surface area contributed by atoms with Gasteiger partial charge in [0.15, 0.2) is 0 Å². The van der Waals surface area contributed by atoms with Crippen molar-refractivity contribution in [1.82, 2.24) is 10.2 Å². The van der Waals surface area contributed by atoms with Crippen molar-refractivity contribution in [1.29, 1.82) is 0 Å². The van der Waals surface area contributed by atoms with Crippen molar-refractivity contribution >= 4 is 12.2 Å². The van der Waals surface area contributed by atoms with Crippen molar-refractivity contribution in [3.63, 3.8) is 0 Å². The Morgan fingerprint density at radius 2 is 2.35 bits per heavy atom. The maximum atomic E-state index is 11.4. The van der Waals surface area contributed by atoms with E-state index in [2.05, 4.69) is 10.1 Å². The molecule has 1 heterocycles. The molecule has 1 unspecified atom stereocenters. The molecular weight excluding hydrogens is 228 g/mol. The molecule has 0 aromatic heterocycles. The van der Waals surface area contributed by atoms with Crippen LogP contribution in [0.1, 0.15) is 6.42 Å². The van der Waals surface area contributed by atoms with Gasteiger partial charge in [-0.25, -0.2) is 9.59 Å². The van der Waals surface area contributed by atoms with Crippen LogP contribution in [0.25, 0.3) is 0 Å². The molecule has 0 aliphatic carbocycles. The minimum atomic E-state index is -0.529. The Hall–Kier alpha value is -1.50. The molecule has 7 nitrogen and oxygen atoms in total. The van der Waals surface area contributed by atoms with Gasteiger partial charge in [0.05, 0.1) is 20.2 Å². The zero-order valence-corrected chi connectivity index (χ0v) is 10.1. The smallest absolute Gasteiger partial charge is 0.410 e. The summed E-state index contributed by atoms with van der Waals surface area (Å²) in [5.74, 6) is 0. The molecule has 0 aromatic rings. The second-order valence-electron chi connectivity index (χ2n) is 3.67. The Morgan fingerprint density at radius 3 is 3.00 bits per heavy atom. The predicted octanol–water partition coefficient (Wildman–Crippen LogP) is 0.200. The lowest BCUT2D eigenvalue weighted by Crippen LogP contribution is -2.34. The number of alkyl carbamates (subject to hydrolysis) is 1. The van der Waals surface area contributed by atoms with E-state index in [9.17, 15) is 9.59 Å². The molecule has 0 radical (unpaired) electrons. The number of carbonyl (C=O) groups excluding carboxylic acids is 2. The van der Waals surface area contributed by atoms with Crippen LogP contribution in [0.3, 0.4) is 0 Å². The number of nitrogens with zero attached hydrogens (tertiary/aromatic N) is 1. The first kappa shape index (κ1) is 13.6. The average Bonchev–Trinajstić information content (AvgIpc) is 2.67. The van der Waals surface area contributed by atoms with Gasteiger partial charge in [-0.2, -0.15) is 0 Å².